The molecule has 0 aliphatic heterocycles. The summed E-state index contributed by atoms with van der Waals surface area (Å²) in [7, 11) is 1.62. The minimum Gasteiger partial charge on any atom is -0.457 e. The summed E-state index contributed by atoms with van der Waals surface area (Å²) in [6.07, 6.45) is 4.22. The lowest BCUT2D eigenvalue weighted by Gasteiger charge is -2.11. The fourth-order valence-electron chi connectivity index (χ4n) is 3.77. The largest absolute Gasteiger partial charge is 0.457 e. The fourth-order valence-corrected chi connectivity index (χ4v) is 3.77. The van der Waals surface area contributed by atoms with Gasteiger partial charge in [-0.2, -0.15) is 0 Å². The van der Waals surface area contributed by atoms with E-state index in [2.05, 4.69) is 16.9 Å². The first kappa shape index (κ1) is 24.5. The lowest BCUT2D eigenvalue weighted by Crippen LogP contribution is -2.09. The summed E-state index contributed by atoms with van der Waals surface area (Å²) >= 11 is 0. The van der Waals surface area contributed by atoms with E-state index in [1.807, 2.05) is 0 Å². The van der Waals surface area contributed by atoms with Crippen LogP contribution in [0.4, 0.5) is 14.6 Å². The van der Waals surface area contributed by atoms with E-state index in [-0.39, 0.29) is 29.9 Å². The maximum Gasteiger partial charge on any atom is 0.141 e. The van der Waals surface area contributed by atoms with Crippen molar-refractivity contribution in [1.29, 1.82) is 0 Å². The lowest BCUT2D eigenvalue weighted by molar-refractivity contribution is -0.117. The molecule has 0 radical (unpaired) electrons. The molecular formula is C28H28F2N2O3. The third-order valence-corrected chi connectivity index (χ3v) is 5.80. The minimum atomic E-state index is -0.552. The fraction of sp³-hybridized carbons (Fsp3) is 0.286. The molecule has 1 N–H and O–H groups in total. The summed E-state index contributed by atoms with van der Waals surface area (Å²) in [5, 5.41) is 3.08. The number of hydrogen-bond acceptors (Lipinski definition) is 5. The van der Waals surface area contributed by atoms with Gasteiger partial charge in [-0.3, -0.25) is 4.79 Å². The van der Waals surface area contributed by atoms with E-state index < -0.39 is 11.6 Å². The molecule has 182 valence electrons. The number of Topliss-reactive ketones (excluding diaryl/α,β-unsaturated/α-hetero) is 1. The second-order valence-corrected chi connectivity index (χ2v) is 8.72. The van der Waals surface area contributed by atoms with Crippen LogP contribution in [0.15, 0.2) is 67.0 Å². The molecule has 5 nitrogen and oxygen atoms in total. The van der Waals surface area contributed by atoms with Crippen LogP contribution in [-0.4, -0.2) is 24.5 Å². The number of nitrogens with zero attached hydrogens (tertiary/aromatic N) is 1. The van der Waals surface area contributed by atoms with Gasteiger partial charge in [-0.15, -0.1) is 0 Å². The number of ketones is 1. The molecule has 0 bridgehead atoms. The van der Waals surface area contributed by atoms with Crippen molar-refractivity contribution in [2.75, 3.05) is 19.0 Å². The van der Waals surface area contributed by atoms with Gasteiger partial charge in [0, 0.05) is 50.4 Å². The number of carbonyl (C=O) groups is 1. The van der Waals surface area contributed by atoms with Gasteiger partial charge in [0.1, 0.15) is 34.7 Å². The predicted molar refractivity (Wildman–Crippen MR) is 131 cm³/mol. The van der Waals surface area contributed by atoms with Crippen LogP contribution < -0.4 is 10.1 Å². The highest BCUT2D eigenvalue weighted by molar-refractivity contribution is 5.83. The van der Waals surface area contributed by atoms with Crippen molar-refractivity contribution in [3.63, 3.8) is 0 Å². The summed E-state index contributed by atoms with van der Waals surface area (Å²) in [6, 6.07) is 12.7. The number of rotatable bonds is 12. The third-order valence-electron chi connectivity index (χ3n) is 5.80. The average molecular weight is 479 g/mol. The first-order valence-corrected chi connectivity index (χ1v) is 11.6. The Balaban J connectivity index is 1.36. The molecule has 0 atom stereocenters. The van der Waals surface area contributed by atoms with Crippen LogP contribution in [0.3, 0.4) is 0 Å². The van der Waals surface area contributed by atoms with Crippen molar-refractivity contribution in [3.05, 3.63) is 95.3 Å². The van der Waals surface area contributed by atoms with Gasteiger partial charge in [0.2, 0.25) is 0 Å². The number of benzene rings is 2. The first-order chi connectivity index (χ1) is 16.9. The van der Waals surface area contributed by atoms with E-state index in [4.69, 9.17) is 9.47 Å². The highest BCUT2D eigenvalue weighted by Gasteiger charge is 2.24. The summed E-state index contributed by atoms with van der Waals surface area (Å²) in [4.78, 5) is 16.8. The second-order valence-electron chi connectivity index (χ2n) is 8.72. The number of methoxy groups -OCH3 is 1. The van der Waals surface area contributed by atoms with E-state index >= 15 is 0 Å². The number of hydrogen-bond donors (Lipinski definition) is 1. The molecule has 0 amide bonds. The highest BCUT2D eigenvalue weighted by Crippen LogP contribution is 2.40. The number of carbonyl (C=O) groups excluding carboxylic acids is 1. The first-order valence-electron chi connectivity index (χ1n) is 11.6. The van der Waals surface area contributed by atoms with Gasteiger partial charge in [0.05, 0.1) is 6.61 Å². The van der Waals surface area contributed by atoms with Crippen molar-refractivity contribution >= 4 is 11.6 Å². The Hall–Kier alpha value is -3.58. The summed E-state index contributed by atoms with van der Waals surface area (Å²) < 4.78 is 39.7. The number of aromatic nitrogens is 1. The average Bonchev–Trinajstić information content (AvgIpc) is 3.67. The van der Waals surface area contributed by atoms with Gasteiger partial charge < -0.3 is 14.8 Å². The molecule has 0 spiro atoms. The molecule has 7 heteroatoms. The molecule has 1 fully saturated rings. The molecule has 0 unspecified atom stereocenters. The van der Waals surface area contributed by atoms with Gasteiger partial charge >= 0.3 is 0 Å². The molecular weight excluding hydrogens is 450 g/mol. The van der Waals surface area contributed by atoms with Gasteiger partial charge in [-0.05, 0) is 53.6 Å². The summed E-state index contributed by atoms with van der Waals surface area (Å²) in [5.74, 6) is 0.570. The van der Waals surface area contributed by atoms with Crippen LogP contribution in [0.5, 0.6) is 11.5 Å². The standard InChI is InChI=1S/C28H28F2N2O3/c1-18(10-12-34-2)32-28-17-25(9-11-31-28)35-24-7-5-21(27(30)16-24)14-23(33)15-22-13-20(19-3-4-19)6-8-26(22)29/h5-9,11,13,16-17,19H,1,3-4,10,12,14-15H2,2H3,(H,31,32). The number of pyridine rings is 1. The molecule has 35 heavy (non-hydrogen) atoms. The van der Waals surface area contributed by atoms with Gasteiger partial charge in [-0.1, -0.05) is 24.8 Å². The topological polar surface area (TPSA) is 60.5 Å². The Morgan fingerprint density at radius 2 is 1.80 bits per heavy atom. The molecule has 1 heterocycles. The Morgan fingerprint density at radius 3 is 2.54 bits per heavy atom. The normalized spacial score (nSPS) is 12.9. The smallest absolute Gasteiger partial charge is 0.141 e. The maximum atomic E-state index is 14.7. The van der Waals surface area contributed by atoms with Crippen molar-refractivity contribution in [1.82, 2.24) is 4.98 Å². The van der Waals surface area contributed by atoms with E-state index in [0.29, 0.717) is 36.1 Å². The monoisotopic (exact) mass is 478 g/mol. The Kier molecular flexibility index (Phi) is 7.87. The Morgan fingerprint density at radius 1 is 1.03 bits per heavy atom. The molecule has 2 aromatic carbocycles. The van der Waals surface area contributed by atoms with Crippen molar-refractivity contribution in [3.8, 4) is 11.5 Å². The molecule has 4 rings (SSSR count). The number of anilines is 1. The van der Waals surface area contributed by atoms with Crippen LogP contribution in [0, 0.1) is 11.6 Å². The Labute approximate surface area is 203 Å². The highest BCUT2D eigenvalue weighted by atomic mass is 19.1. The zero-order valence-electron chi connectivity index (χ0n) is 19.7. The molecule has 0 saturated heterocycles. The Bertz CT molecular complexity index is 1220. The molecule has 1 saturated carbocycles. The molecule has 1 aromatic heterocycles. The van der Waals surface area contributed by atoms with Crippen molar-refractivity contribution < 1.29 is 23.0 Å². The number of nitrogens with one attached hydrogen (secondary N) is 1. The molecule has 1 aliphatic carbocycles. The summed E-state index contributed by atoms with van der Waals surface area (Å²) in [6.45, 7) is 4.46. The van der Waals surface area contributed by atoms with E-state index in [1.165, 1.54) is 18.2 Å². The predicted octanol–water partition coefficient (Wildman–Crippen LogP) is 6.35. The van der Waals surface area contributed by atoms with Gasteiger partial charge in [0.25, 0.3) is 0 Å². The molecule has 3 aromatic rings. The van der Waals surface area contributed by atoms with E-state index in [1.54, 1.807) is 43.6 Å². The number of halogens is 2. The SMILES string of the molecule is C=C(CCOC)Nc1cc(Oc2ccc(CC(=O)Cc3cc(C4CC4)ccc3F)c(F)c2)ccn1. The second kappa shape index (κ2) is 11.2. The van der Waals surface area contributed by atoms with Crippen LogP contribution in [0.1, 0.15) is 41.9 Å². The van der Waals surface area contributed by atoms with Gasteiger partial charge in [0.15, 0.2) is 0 Å². The van der Waals surface area contributed by atoms with Gasteiger partial charge in [-0.25, -0.2) is 13.8 Å². The zero-order chi connectivity index (χ0) is 24.8. The van der Waals surface area contributed by atoms with Crippen LogP contribution in [0.25, 0.3) is 0 Å². The quantitative estimate of drug-likeness (QED) is 0.329. The van der Waals surface area contributed by atoms with Crippen molar-refractivity contribution in [2.45, 2.75) is 38.0 Å². The zero-order valence-corrected chi connectivity index (χ0v) is 19.7. The number of ether oxygens (including phenoxy) is 2. The molecule has 1 aliphatic rings. The van der Waals surface area contributed by atoms with Crippen LogP contribution in [0.2, 0.25) is 0 Å². The van der Waals surface area contributed by atoms with Crippen LogP contribution in [-0.2, 0) is 22.4 Å². The van der Waals surface area contributed by atoms with Crippen molar-refractivity contribution in [2.24, 2.45) is 0 Å². The minimum absolute atomic E-state index is 0.0629. The summed E-state index contributed by atoms with van der Waals surface area (Å²) in [5.41, 5.74) is 2.42. The van der Waals surface area contributed by atoms with E-state index in [9.17, 15) is 13.6 Å². The lowest BCUT2D eigenvalue weighted by atomic mass is 9.99. The maximum absolute atomic E-state index is 14.7. The van der Waals surface area contributed by atoms with E-state index in [0.717, 1.165) is 24.1 Å². The third kappa shape index (κ3) is 6.96. The van der Waals surface area contributed by atoms with Crippen LogP contribution >= 0.6 is 0 Å².